The molecule has 0 fully saturated rings. The van der Waals surface area contributed by atoms with Gasteiger partial charge in [-0.05, 0) is 29.8 Å². The zero-order valence-electron chi connectivity index (χ0n) is 9.63. The number of nitrogens with zero attached hydrogens (tertiary/aromatic N) is 2. The van der Waals surface area contributed by atoms with E-state index < -0.39 is 5.91 Å². The molecule has 90 valence electrons. The molecule has 0 aliphatic heterocycles. The van der Waals surface area contributed by atoms with Gasteiger partial charge in [-0.15, -0.1) is 0 Å². The molecule has 1 amide bonds. The Morgan fingerprint density at radius 1 is 1.39 bits per heavy atom. The van der Waals surface area contributed by atoms with Crippen LogP contribution in [0.25, 0.3) is 0 Å². The normalized spacial score (nSPS) is 9.94. The minimum atomic E-state index is -0.507. The first-order valence-corrected chi connectivity index (χ1v) is 5.35. The molecule has 2 rings (SSSR count). The summed E-state index contributed by atoms with van der Waals surface area (Å²) in [4.78, 5) is 11.0. The van der Waals surface area contributed by atoms with E-state index in [1.807, 2.05) is 0 Å². The van der Waals surface area contributed by atoms with Crippen LogP contribution >= 0.6 is 0 Å². The fourth-order valence-corrected chi connectivity index (χ4v) is 1.73. The average Bonchev–Trinajstić information content (AvgIpc) is 2.78. The summed E-state index contributed by atoms with van der Waals surface area (Å²) >= 11 is 0. The predicted molar refractivity (Wildman–Crippen MR) is 67.6 cm³/mol. The second-order valence-corrected chi connectivity index (χ2v) is 3.91. The lowest BCUT2D eigenvalue weighted by atomic mass is 10.1. The number of aromatic nitrogens is 1. The van der Waals surface area contributed by atoms with Crippen LogP contribution in [0.2, 0.25) is 0 Å². The fraction of sp³-hybridized carbons (Fsp3) is 0.0769. The van der Waals surface area contributed by atoms with Gasteiger partial charge in [0.2, 0.25) is 5.91 Å². The molecule has 4 N–H and O–H groups in total. The van der Waals surface area contributed by atoms with E-state index in [-0.39, 0.29) is 0 Å². The zero-order chi connectivity index (χ0) is 13.1. The number of nitrogen functional groups attached to an aromatic ring is 1. The lowest BCUT2D eigenvalue weighted by molar-refractivity contribution is 0.100. The van der Waals surface area contributed by atoms with Gasteiger partial charge in [0.05, 0.1) is 6.54 Å². The number of carbonyl (C=O) groups is 1. The number of nitrogens with two attached hydrogens (primary N) is 2. The van der Waals surface area contributed by atoms with E-state index in [2.05, 4.69) is 6.07 Å². The minimum Gasteiger partial charge on any atom is -0.398 e. The van der Waals surface area contributed by atoms with Crippen molar-refractivity contribution in [3.05, 3.63) is 53.3 Å². The summed E-state index contributed by atoms with van der Waals surface area (Å²) < 4.78 is 1.79. The molecule has 0 saturated carbocycles. The van der Waals surface area contributed by atoms with Gasteiger partial charge in [0.25, 0.3) is 0 Å². The summed E-state index contributed by atoms with van der Waals surface area (Å²) in [7, 11) is 0. The number of rotatable bonds is 3. The van der Waals surface area contributed by atoms with Gasteiger partial charge in [0.1, 0.15) is 11.8 Å². The molecule has 0 atom stereocenters. The Morgan fingerprint density at radius 2 is 2.17 bits per heavy atom. The Bertz CT molecular complexity index is 637. The maximum atomic E-state index is 11.0. The topological polar surface area (TPSA) is 97.8 Å². The van der Waals surface area contributed by atoms with Gasteiger partial charge in [0, 0.05) is 17.4 Å². The number of primary amides is 1. The standard InChI is InChI=1S/C13H12N4O/c14-7-11-2-1-5-17(11)8-10-4-3-9(13(16)18)6-12(10)15/h1-6H,8,15H2,(H2,16,18). The van der Waals surface area contributed by atoms with E-state index in [0.29, 0.717) is 23.5 Å². The number of benzene rings is 1. The van der Waals surface area contributed by atoms with Crippen LogP contribution < -0.4 is 11.5 Å². The molecular weight excluding hydrogens is 228 g/mol. The molecule has 0 saturated heterocycles. The predicted octanol–water partition coefficient (Wildman–Crippen LogP) is 1.09. The van der Waals surface area contributed by atoms with Crippen LogP contribution in [-0.4, -0.2) is 10.5 Å². The number of amides is 1. The number of carbonyl (C=O) groups excluding carboxylic acids is 1. The Morgan fingerprint density at radius 3 is 2.78 bits per heavy atom. The third-order valence-electron chi connectivity index (χ3n) is 2.72. The van der Waals surface area contributed by atoms with Crippen molar-refractivity contribution in [2.24, 2.45) is 5.73 Å². The second kappa shape index (κ2) is 4.63. The van der Waals surface area contributed by atoms with Crippen LogP contribution in [-0.2, 0) is 6.54 Å². The Kier molecular flexibility index (Phi) is 3.02. The first-order valence-electron chi connectivity index (χ1n) is 5.35. The van der Waals surface area contributed by atoms with E-state index in [4.69, 9.17) is 16.7 Å². The highest BCUT2D eigenvalue weighted by Crippen LogP contribution is 2.16. The van der Waals surface area contributed by atoms with Crippen molar-refractivity contribution in [3.8, 4) is 6.07 Å². The number of nitriles is 1. The van der Waals surface area contributed by atoms with E-state index in [9.17, 15) is 4.79 Å². The van der Waals surface area contributed by atoms with Crippen molar-refractivity contribution in [1.82, 2.24) is 4.57 Å². The van der Waals surface area contributed by atoms with Crippen molar-refractivity contribution in [3.63, 3.8) is 0 Å². The second-order valence-electron chi connectivity index (χ2n) is 3.91. The molecule has 5 heteroatoms. The van der Waals surface area contributed by atoms with E-state index in [1.54, 1.807) is 41.1 Å². The number of hydrogen-bond donors (Lipinski definition) is 2. The van der Waals surface area contributed by atoms with Crippen molar-refractivity contribution in [2.45, 2.75) is 6.54 Å². The van der Waals surface area contributed by atoms with Crippen LogP contribution in [0.5, 0.6) is 0 Å². The quantitative estimate of drug-likeness (QED) is 0.785. The molecule has 5 nitrogen and oxygen atoms in total. The molecule has 0 unspecified atom stereocenters. The molecule has 0 spiro atoms. The molecule has 0 radical (unpaired) electrons. The summed E-state index contributed by atoms with van der Waals surface area (Å²) in [6.07, 6.45) is 1.81. The number of hydrogen-bond acceptors (Lipinski definition) is 3. The van der Waals surface area contributed by atoms with Crippen LogP contribution in [0.1, 0.15) is 21.6 Å². The van der Waals surface area contributed by atoms with Crippen molar-refractivity contribution < 1.29 is 4.79 Å². The molecule has 1 aromatic carbocycles. The van der Waals surface area contributed by atoms with E-state index in [0.717, 1.165) is 5.56 Å². The monoisotopic (exact) mass is 240 g/mol. The number of anilines is 1. The largest absolute Gasteiger partial charge is 0.398 e. The molecule has 0 aliphatic carbocycles. The Balaban J connectivity index is 2.31. The highest BCUT2D eigenvalue weighted by atomic mass is 16.1. The highest BCUT2D eigenvalue weighted by Gasteiger charge is 2.07. The summed E-state index contributed by atoms with van der Waals surface area (Å²) in [5, 5.41) is 8.91. The molecule has 0 bridgehead atoms. The average molecular weight is 240 g/mol. The lowest BCUT2D eigenvalue weighted by Crippen LogP contribution is -2.12. The third kappa shape index (κ3) is 2.18. The zero-order valence-corrected chi connectivity index (χ0v) is 9.63. The lowest BCUT2D eigenvalue weighted by Gasteiger charge is -2.09. The van der Waals surface area contributed by atoms with Gasteiger partial charge < -0.3 is 16.0 Å². The summed E-state index contributed by atoms with van der Waals surface area (Å²) in [6.45, 7) is 0.487. The maximum Gasteiger partial charge on any atom is 0.248 e. The fourth-order valence-electron chi connectivity index (χ4n) is 1.73. The van der Waals surface area contributed by atoms with Crippen molar-refractivity contribution in [2.75, 3.05) is 5.73 Å². The first-order chi connectivity index (χ1) is 8.61. The molecule has 2 aromatic rings. The SMILES string of the molecule is N#Cc1cccn1Cc1ccc(C(N)=O)cc1N. The molecule has 1 heterocycles. The van der Waals surface area contributed by atoms with E-state index in [1.165, 1.54) is 0 Å². The molecular formula is C13H12N4O. The summed E-state index contributed by atoms with van der Waals surface area (Å²) in [5.41, 5.74) is 13.3. The molecule has 1 aromatic heterocycles. The Hall–Kier alpha value is -2.74. The van der Waals surface area contributed by atoms with Crippen LogP contribution in [0, 0.1) is 11.3 Å². The van der Waals surface area contributed by atoms with Gasteiger partial charge >= 0.3 is 0 Å². The first kappa shape index (κ1) is 11.7. The maximum absolute atomic E-state index is 11.0. The van der Waals surface area contributed by atoms with Crippen molar-refractivity contribution >= 4 is 11.6 Å². The highest BCUT2D eigenvalue weighted by molar-refractivity contribution is 5.93. The van der Waals surface area contributed by atoms with Gasteiger partial charge in [-0.1, -0.05) is 6.07 Å². The van der Waals surface area contributed by atoms with Crippen LogP contribution in [0.4, 0.5) is 5.69 Å². The van der Waals surface area contributed by atoms with Gasteiger partial charge in [-0.3, -0.25) is 4.79 Å². The Labute approximate surface area is 104 Å². The molecule has 18 heavy (non-hydrogen) atoms. The minimum absolute atomic E-state index is 0.379. The van der Waals surface area contributed by atoms with Crippen molar-refractivity contribution in [1.29, 1.82) is 5.26 Å². The van der Waals surface area contributed by atoms with Gasteiger partial charge in [0.15, 0.2) is 0 Å². The summed E-state index contributed by atoms with van der Waals surface area (Å²) in [6, 6.07) is 10.5. The van der Waals surface area contributed by atoms with Gasteiger partial charge in [-0.25, -0.2) is 0 Å². The third-order valence-corrected chi connectivity index (χ3v) is 2.72. The molecule has 0 aliphatic rings. The van der Waals surface area contributed by atoms with Crippen LogP contribution in [0.3, 0.4) is 0 Å². The van der Waals surface area contributed by atoms with Gasteiger partial charge in [-0.2, -0.15) is 5.26 Å². The smallest absolute Gasteiger partial charge is 0.248 e. The van der Waals surface area contributed by atoms with Crippen LogP contribution in [0.15, 0.2) is 36.5 Å². The van der Waals surface area contributed by atoms with E-state index >= 15 is 0 Å². The summed E-state index contributed by atoms with van der Waals surface area (Å²) in [5.74, 6) is -0.507.